The van der Waals surface area contributed by atoms with Crippen LogP contribution in [0.5, 0.6) is 0 Å². The van der Waals surface area contributed by atoms with Gasteiger partial charge in [0.25, 0.3) is 0 Å². The standard InChI is InChI=1S/C11H21NO/c1-11(2)7-3-4-8(9(11)5-7)10(12)6-13/h7-10,13H,3-6,12H2,1-2H3/t7?,8?,9?,10-/m1/s1. The predicted molar refractivity (Wildman–Crippen MR) is 53.2 cm³/mol. The third-order valence-corrected chi connectivity index (χ3v) is 4.67. The molecule has 0 aromatic heterocycles. The lowest BCUT2D eigenvalue weighted by atomic mass is 9.45. The van der Waals surface area contributed by atoms with Crippen molar-refractivity contribution < 1.29 is 5.11 Å². The summed E-state index contributed by atoms with van der Waals surface area (Å²) in [4.78, 5) is 0. The third-order valence-electron chi connectivity index (χ3n) is 4.67. The van der Waals surface area contributed by atoms with Crippen LogP contribution >= 0.6 is 0 Å². The molecule has 2 nitrogen and oxygen atoms in total. The van der Waals surface area contributed by atoms with Crippen LogP contribution in [0.15, 0.2) is 0 Å². The average Bonchev–Trinajstić information content (AvgIpc) is 2.16. The first-order valence-electron chi connectivity index (χ1n) is 5.43. The van der Waals surface area contributed by atoms with E-state index in [2.05, 4.69) is 13.8 Å². The van der Waals surface area contributed by atoms with Gasteiger partial charge in [-0.1, -0.05) is 13.8 Å². The Hall–Kier alpha value is -0.0800. The minimum atomic E-state index is 0.0190. The molecular weight excluding hydrogens is 162 g/mol. The number of fused-ring (bicyclic) bond motifs is 2. The molecule has 3 saturated carbocycles. The van der Waals surface area contributed by atoms with Gasteiger partial charge in [0.2, 0.25) is 0 Å². The van der Waals surface area contributed by atoms with E-state index < -0.39 is 0 Å². The molecular formula is C11H21NO. The maximum Gasteiger partial charge on any atom is 0.0585 e. The van der Waals surface area contributed by atoms with E-state index in [0.717, 1.165) is 11.8 Å². The second-order valence-electron chi connectivity index (χ2n) is 5.45. The first-order valence-corrected chi connectivity index (χ1v) is 5.43. The van der Waals surface area contributed by atoms with Crippen LogP contribution < -0.4 is 5.73 Å². The van der Waals surface area contributed by atoms with Gasteiger partial charge < -0.3 is 10.8 Å². The number of hydrogen-bond acceptors (Lipinski definition) is 2. The Bertz CT molecular complexity index is 200. The zero-order chi connectivity index (χ0) is 9.64. The van der Waals surface area contributed by atoms with Crippen LogP contribution in [0.3, 0.4) is 0 Å². The maximum atomic E-state index is 9.07. The van der Waals surface area contributed by atoms with Gasteiger partial charge in [0, 0.05) is 6.04 Å². The normalized spacial score (nSPS) is 43.8. The Labute approximate surface area is 80.5 Å². The average molecular weight is 183 g/mol. The summed E-state index contributed by atoms with van der Waals surface area (Å²) >= 11 is 0. The number of nitrogens with two attached hydrogens (primary N) is 1. The van der Waals surface area contributed by atoms with Crippen LogP contribution in [-0.4, -0.2) is 17.8 Å². The number of rotatable bonds is 2. The SMILES string of the molecule is CC1(C)C2CCC([C@H](N)CO)C1C2. The lowest BCUT2D eigenvalue weighted by Gasteiger charge is -2.61. The number of hydrogen-bond donors (Lipinski definition) is 2. The molecule has 13 heavy (non-hydrogen) atoms. The predicted octanol–water partition coefficient (Wildman–Crippen LogP) is 1.38. The van der Waals surface area contributed by atoms with Crippen LogP contribution in [0.1, 0.15) is 33.1 Å². The molecule has 0 spiro atoms. The second kappa shape index (κ2) is 2.96. The van der Waals surface area contributed by atoms with Crippen molar-refractivity contribution in [2.24, 2.45) is 28.9 Å². The highest BCUT2D eigenvalue weighted by Crippen LogP contribution is 2.61. The van der Waals surface area contributed by atoms with Crippen molar-refractivity contribution >= 4 is 0 Å². The molecule has 3 unspecified atom stereocenters. The van der Waals surface area contributed by atoms with Gasteiger partial charge in [0.05, 0.1) is 6.61 Å². The molecule has 3 aliphatic carbocycles. The molecule has 0 aromatic rings. The van der Waals surface area contributed by atoms with E-state index in [4.69, 9.17) is 10.8 Å². The first kappa shape index (κ1) is 9.47. The molecule has 0 saturated heterocycles. The van der Waals surface area contributed by atoms with Gasteiger partial charge in [-0.3, -0.25) is 0 Å². The fourth-order valence-electron chi connectivity index (χ4n) is 3.52. The fourth-order valence-corrected chi connectivity index (χ4v) is 3.52. The fraction of sp³-hybridized carbons (Fsp3) is 1.00. The molecule has 2 bridgehead atoms. The van der Waals surface area contributed by atoms with Crippen molar-refractivity contribution in [2.45, 2.75) is 39.2 Å². The molecule has 4 atom stereocenters. The summed E-state index contributed by atoms with van der Waals surface area (Å²) in [5.74, 6) is 2.28. The molecule has 3 aliphatic rings. The van der Waals surface area contributed by atoms with Crippen molar-refractivity contribution in [3.8, 4) is 0 Å². The molecule has 0 amide bonds. The molecule has 76 valence electrons. The quantitative estimate of drug-likeness (QED) is 0.679. The Balaban J connectivity index is 2.07. The summed E-state index contributed by atoms with van der Waals surface area (Å²) in [5.41, 5.74) is 6.43. The van der Waals surface area contributed by atoms with E-state index in [-0.39, 0.29) is 12.6 Å². The molecule has 0 aliphatic heterocycles. The van der Waals surface area contributed by atoms with Crippen LogP contribution in [0.2, 0.25) is 0 Å². The van der Waals surface area contributed by atoms with Crippen molar-refractivity contribution in [3.05, 3.63) is 0 Å². The summed E-state index contributed by atoms with van der Waals surface area (Å²) in [5, 5.41) is 9.07. The van der Waals surface area contributed by atoms with Crippen LogP contribution in [0.25, 0.3) is 0 Å². The zero-order valence-electron chi connectivity index (χ0n) is 8.66. The van der Waals surface area contributed by atoms with Gasteiger partial charge >= 0.3 is 0 Å². The highest BCUT2D eigenvalue weighted by molar-refractivity contribution is 5.05. The molecule has 2 heteroatoms. The van der Waals surface area contributed by atoms with Gasteiger partial charge in [-0.05, 0) is 42.4 Å². The van der Waals surface area contributed by atoms with Gasteiger partial charge in [0.15, 0.2) is 0 Å². The minimum Gasteiger partial charge on any atom is -0.395 e. The van der Waals surface area contributed by atoms with E-state index in [1.807, 2.05) is 0 Å². The van der Waals surface area contributed by atoms with Gasteiger partial charge in [-0.2, -0.15) is 0 Å². The highest BCUT2D eigenvalue weighted by Gasteiger charge is 2.55. The molecule has 0 aromatic carbocycles. The van der Waals surface area contributed by atoms with Crippen LogP contribution in [0.4, 0.5) is 0 Å². The van der Waals surface area contributed by atoms with E-state index in [1.165, 1.54) is 19.3 Å². The Kier molecular flexibility index (Phi) is 2.16. The van der Waals surface area contributed by atoms with E-state index >= 15 is 0 Å². The molecule has 3 N–H and O–H groups in total. The van der Waals surface area contributed by atoms with Gasteiger partial charge in [-0.15, -0.1) is 0 Å². The largest absolute Gasteiger partial charge is 0.395 e. The van der Waals surface area contributed by atoms with Crippen LogP contribution in [0, 0.1) is 23.2 Å². The summed E-state index contributed by atoms with van der Waals surface area (Å²) < 4.78 is 0. The van der Waals surface area contributed by atoms with Gasteiger partial charge in [0.1, 0.15) is 0 Å². The topological polar surface area (TPSA) is 46.2 Å². The summed E-state index contributed by atoms with van der Waals surface area (Å²) in [6, 6.07) is 0.0190. The Morgan fingerprint density at radius 1 is 1.46 bits per heavy atom. The molecule has 3 fully saturated rings. The second-order valence-corrected chi connectivity index (χ2v) is 5.45. The van der Waals surface area contributed by atoms with Crippen molar-refractivity contribution in [3.63, 3.8) is 0 Å². The number of aliphatic hydroxyl groups is 1. The zero-order valence-corrected chi connectivity index (χ0v) is 8.66. The van der Waals surface area contributed by atoms with E-state index in [0.29, 0.717) is 11.3 Å². The minimum absolute atomic E-state index is 0.0190. The van der Waals surface area contributed by atoms with Crippen molar-refractivity contribution in [2.75, 3.05) is 6.61 Å². The Morgan fingerprint density at radius 2 is 2.15 bits per heavy atom. The smallest absolute Gasteiger partial charge is 0.0585 e. The molecule has 0 radical (unpaired) electrons. The highest BCUT2D eigenvalue weighted by atomic mass is 16.3. The first-order chi connectivity index (χ1) is 6.07. The van der Waals surface area contributed by atoms with Crippen molar-refractivity contribution in [1.82, 2.24) is 0 Å². The van der Waals surface area contributed by atoms with E-state index in [1.54, 1.807) is 0 Å². The lowest BCUT2D eigenvalue weighted by Crippen LogP contribution is -2.57. The molecule has 3 rings (SSSR count). The third kappa shape index (κ3) is 1.23. The van der Waals surface area contributed by atoms with Crippen LogP contribution in [-0.2, 0) is 0 Å². The summed E-state index contributed by atoms with van der Waals surface area (Å²) in [6.07, 6.45) is 3.91. The maximum absolute atomic E-state index is 9.07. The Morgan fingerprint density at radius 3 is 2.62 bits per heavy atom. The summed E-state index contributed by atoms with van der Waals surface area (Å²) in [7, 11) is 0. The number of aliphatic hydroxyl groups excluding tert-OH is 1. The van der Waals surface area contributed by atoms with Gasteiger partial charge in [-0.25, -0.2) is 0 Å². The molecule has 0 heterocycles. The monoisotopic (exact) mass is 183 g/mol. The van der Waals surface area contributed by atoms with E-state index in [9.17, 15) is 0 Å². The van der Waals surface area contributed by atoms with Crippen molar-refractivity contribution in [1.29, 1.82) is 0 Å². The summed E-state index contributed by atoms with van der Waals surface area (Å²) in [6.45, 7) is 4.88. The lowest BCUT2D eigenvalue weighted by molar-refractivity contribution is -0.114.